The maximum absolute atomic E-state index is 13.0. The van der Waals surface area contributed by atoms with Gasteiger partial charge in [0.15, 0.2) is 0 Å². The lowest BCUT2D eigenvalue weighted by Crippen LogP contribution is -2.15. The number of benzene rings is 1. The molecule has 4 aromatic rings. The number of nitrogens with one attached hydrogen (secondary N) is 2. The smallest absolute Gasteiger partial charge is 0.372 e. The topological polar surface area (TPSA) is 104 Å². The van der Waals surface area contributed by atoms with Crippen LogP contribution in [0.2, 0.25) is 0 Å². The quantitative estimate of drug-likeness (QED) is 0.433. The third-order valence-electron chi connectivity index (χ3n) is 5.20. The van der Waals surface area contributed by atoms with Crippen LogP contribution in [0.3, 0.4) is 0 Å². The van der Waals surface area contributed by atoms with E-state index in [9.17, 15) is 23.2 Å². The number of amides is 1. The Morgan fingerprint density at radius 1 is 1.06 bits per heavy atom. The number of carbonyl (C=O) groups is 1. The Morgan fingerprint density at radius 3 is 2.56 bits per heavy atom. The molecule has 1 amide bonds. The molecule has 4 rings (SSSR count). The maximum atomic E-state index is 13.0. The van der Waals surface area contributed by atoms with E-state index in [1.165, 1.54) is 0 Å². The first-order valence-corrected chi connectivity index (χ1v) is 10.0. The maximum Gasteiger partial charge on any atom is 0.416 e. The molecule has 0 aliphatic carbocycles. The lowest BCUT2D eigenvalue weighted by Gasteiger charge is -2.12. The van der Waals surface area contributed by atoms with Gasteiger partial charge in [-0.25, -0.2) is 4.98 Å². The Balaban J connectivity index is 1.67. The fourth-order valence-corrected chi connectivity index (χ4v) is 3.48. The van der Waals surface area contributed by atoms with Crippen molar-refractivity contribution in [1.29, 1.82) is 5.26 Å². The predicted molar refractivity (Wildman–Crippen MR) is 121 cm³/mol. The van der Waals surface area contributed by atoms with Crippen molar-refractivity contribution in [3.05, 3.63) is 77.4 Å². The summed E-state index contributed by atoms with van der Waals surface area (Å²) < 4.78 is 38.9. The van der Waals surface area contributed by atoms with Crippen molar-refractivity contribution < 1.29 is 18.0 Å². The van der Waals surface area contributed by atoms with Gasteiger partial charge in [-0.2, -0.15) is 18.4 Å². The molecule has 0 atom stereocenters. The third-order valence-corrected chi connectivity index (χ3v) is 5.20. The summed E-state index contributed by atoms with van der Waals surface area (Å²) >= 11 is 0. The molecule has 2 N–H and O–H groups in total. The second-order valence-corrected chi connectivity index (χ2v) is 7.42. The van der Waals surface area contributed by atoms with Crippen LogP contribution < -0.4 is 10.6 Å². The highest BCUT2D eigenvalue weighted by atomic mass is 19.4. The molecule has 170 valence electrons. The molecule has 0 radical (unpaired) electrons. The van der Waals surface area contributed by atoms with Gasteiger partial charge in [-0.3, -0.25) is 14.8 Å². The van der Waals surface area contributed by atoms with Crippen molar-refractivity contribution in [1.82, 2.24) is 15.0 Å². The van der Waals surface area contributed by atoms with Gasteiger partial charge < -0.3 is 10.6 Å². The largest absolute Gasteiger partial charge is 0.416 e. The highest BCUT2D eigenvalue weighted by Gasteiger charge is 2.31. The first-order valence-electron chi connectivity index (χ1n) is 10.0. The van der Waals surface area contributed by atoms with Gasteiger partial charge in [-0.15, -0.1) is 0 Å². The fraction of sp³-hybridized carbons (Fsp3) is 0.125. The van der Waals surface area contributed by atoms with E-state index in [0.717, 1.165) is 29.0 Å². The van der Waals surface area contributed by atoms with Gasteiger partial charge >= 0.3 is 6.18 Å². The van der Waals surface area contributed by atoms with Gasteiger partial charge in [-0.05, 0) is 48.4 Å². The number of pyridine rings is 3. The van der Waals surface area contributed by atoms with Crippen LogP contribution in [0.1, 0.15) is 27.2 Å². The number of nitriles is 1. The number of rotatable bonds is 4. The molecule has 0 unspecified atom stereocenters. The Hall–Kier alpha value is -4.52. The van der Waals surface area contributed by atoms with Gasteiger partial charge in [0.1, 0.15) is 23.1 Å². The summed E-state index contributed by atoms with van der Waals surface area (Å²) in [5, 5.41) is 15.6. The SMILES string of the molecule is CNc1ncc2cc(-c3cc(NC(=O)c4cc(C(F)(F)F)ccn4)ccc3C)cnc2c1C#N. The van der Waals surface area contributed by atoms with E-state index in [1.807, 2.05) is 13.0 Å². The minimum absolute atomic E-state index is 0.331. The average Bonchev–Trinajstić information content (AvgIpc) is 2.83. The molecule has 0 spiro atoms. The van der Waals surface area contributed by atoms with Gasteiger partial charge in [0.25, 0.3) is 5.91 Å². The molecular weight excluding hydrogens is 445 g/mol. The Kier molecular flexibility index (Phi) is 5.86. The van der Waals surface area contributed by atoms with E-state index < -0.39 is 17.6 Å². The summed E-state index contributed by atoms with van der Waals surface area (Å²) in [5.74, 6) is -0.334. The van der Waals surface area contributed by atoms with Crippen LogP contribution in [0.5, 0.6) is 0 Å². The standard InChI is InChI=1S/C24H17F3N6O/c1-13-3-4-17(33-23(34)20-8-16(5-6-30-20)24(25,26)27)9-18(13)14-7-15-12-32-22(29-2)19(10-28)21(15)31-11-14/h3-9,11-12H,1-2H3,(H,29,32)(H,33,34). The number of halogens is 3. The van der Waals surface area contributed by atoms with E-state index in [1.54, 1.807) is 37.6 Å². The Morgan fingerprint density at radius 2 is 1.85 bits per heavy atom. The van der Waals surface area contributed by atoms with Gasteiger partial charge in [0.05, 0.1) is 11.1 Å². The average molecular weight is 462 g/mol. The van der Waals surface area contributed by atoms with Crippen LogP contribution in [-0.2, 0) is 6.18 Å². The monoisotopic (exact) mass is 462 g/mol. The zero-order valence-corrected chi connectivity index (χ0v) is 18.0. The summed E-state index contributed by atoms with van der Waals surface area (Å²) in [6, 6.07) is 10.6. The number of anilines is 2. The van der Waals surface area contributed by atoms with Crippen LogP contribution in [0.25, 0.3) is 22.0 Å². The zero-order chi connectivity index (χ0) is 24.5. The van der Waals surface area contributed by atoms with Crippen LogP contribution in [0.4, 0.5) is 24.7 Å². The number of alkyl halides is 3. The Labute approximate surface area is 192 Å². The normalized spacial score (nSPS) is 11.2. The minimum Gasteiger partial charge on any atom is -0.372 e. The summed E-state index contributed by atoms with van der Waals surface area (Å²) in [6.45, 7) is 1.88. The number of hydrogen-bond donors (Lipinski definition) is 2. The van der Waals surface area contributed by atoms with Gasteiger partial charge in [0, 0.05) is 42.3 Å². The molecule has 34 heavy (non-hydrogen) atoms. The molecule has 10 heteroatoms. The lowest BCUT2D eigenvalue weighted by molar-refractivity contribution is -0.137. The number of aromatic nitrogens is 3. The molecule has 0 aliphatic heterocycles. The number of fused-ring (bicyclic) bond motifs is 1. The Bertz CT molecular complexity index is 1460. The second kappa shape index (κ2) is 8.78. The molecule has 3 heterocycles. The van der Waals surface area contributed by atoms with Crippen molar-refractivity contribution in [2.75, 3.05) is 17.7 Å². The first kappa shape index (κ1) is 22.7. The van der Waals surface area contributed by atoms with Crippen LogP contribution in [0, 0.1) is 18.3 Å². The molecule has 3 aromatic heterocycles. The van der Waals surface area contributed by atoms with Crippen molar-refractivity contribution in [3.8, 4) is 17.2 Å². The summed E-state index contributed by atoms with van der Waals surface area (Å²) in [5.41, 5.74) is 2.27. The molecule has 1 aromatic carbocycles. The van der Waals surface area contributed by atoms with Crippen molar-refractivity contribution in [2.24, 2.45) is 0 Å². The third kappa shape index (κ3) is 4.36. The van der Waals surface area contributed by atoms with E-state index in [0.29, 0.717) is 34.0 Å². The zero-order valence-electron chi connectivity index (χ0n) is 18.0. The molecule has 0 bridgehead atoms. The lowest BCUT2D eigenvalue weighted by atomic mass is 9.99. The molecule has 0 aliphatic rings. The number of carbonyl (C=O) groups excluding carboxylic acids is 1. The summed E-state index contributed by atoms with van der Waals surface area (Å²) in [7, 11) is 1.67. The van der Waals surface area contributed by atoms with Gasteiger partial charge in [0.2, 0.25) is 0 Å². The number of hydrogen-bond acceptors (Lipinski definition) is 6. The molecule has 0 saturated carbocycles. The minimum atomic E-state index is -4.58. The molecule has 0 fully saturated rings. The first-order chi connectivity index (χ1) is 16.2. The van der Waals surface area contributed by atoms with E-state index >= 15 is 0 Å². The van der Waals surface area contributed by atoms with Crippen molar-refractivity contribution in [3.63, 3.8) is 0 Å². The predicted octanol–water partition coefficient (Wildman–Crippen LogP) is 5.18. The highest BCUT2D eigenvalue weighted by Crippen LogP contribution is 2.31. The van der Waals surface area contributed by atoms with Gasteiger partial charge in [-0.1, -0.05) is 6.07 Å². The van der Waals surface area contributed by atoms with Crippen molar-refractivity contribution >= 4 is 28.3 Å². The van der Waals surface area contributed by atoms with E-state index in [4.69, 9.17) is 0 Å². The van der Waals surface area contributed by atoms with E-state index in [-0.39, 0.29) is 5.69 Å². The summed E-state index contributed by atoms with van der Waals surface area (Å²) in [4.78, 5) is 25.0. The van der Waals surface area contributed by atoms with Crippen LogP contribution in [0.15, 0.2) is 55.0 Å². The summed E-state index contributed by atoms with van der Waals surface area (Å²) in [6.07, 6.45) is -0.405. The highest BCUT2D eigenvalue weighted by molar-refractivity contribution is 6.03. The molecular formula is C24H17F3N6O. The fourth-order valence-electron chi connectivity index (χ4n) is 3.48. The molecule has 7 nitrogen and oxygen atoms in total. The second-order valence-electron chi connectivity index (χ2n) is 7.42. The molecule has 0 saturated heterocycles. The van der Waals surface area contributed by atoms with Crippen molar-refractivity contribution in [2.45, 2.75) is 13.1 Å². The number of nitrogens with zero attached hydrogens (tertiary/aromatic N) is 4. The van der Waals surface area contributed by atoms with Crippen LogP contribution >= 0.6 is 0 Å². The number of aryl methyl sites for hydroxylation is 1. The van der Waals surface area contributed by atoms with Crippen LogP contribution in [-0.4, -0.2) is 27.9 Å². The van der Waals surface area contributed by atoms with E-state index in [2.05, 4.69) is 31.7 Å².